The number of nitrogens with zero attached hydrogens (tertiary/aromatic N) is 2. The first kappa shape index (κ1) is 14.0. The van der Waals surface area contributed by atoms with E-state index in [0.717, 1.165) is 25.1 Å². The molecule has 0 unspecified atom stereocenters. The van der Waals surface area contributed by atoms with Crippen molar-refractivity contribution in [2.75, 3.05) is 13.6 Å². The average Bonchev–Trinajstić information content (AvgIpc) is 2.63. The summed E-state index contributed by atoms with van der Waals surface area (Å²) in [5.41, 5.74) is 0.934. The summed E-state index contributed by atoms with van der Waals surface area (Å²) in [6, 6.07) is 0. The van der Waals surface area contributed by atoms with Crippen LogP contribution in [0.1, 0.15) is 31.9 Å². The number of amides is 1. The Kier molecular flexibility index (Phi) is 5.41. The molecule has 0 bridgehead atoms. The largest absolute Gasteiger partial charge is 0.346 e. The number of hydrogen-bond acceptors (Lipinski definition) is 3. The lowest BCUT2D eigenvalue weighted by Crippen LogP contribution is -2.29. The van der Waals surface area contributed by atoms with Gasteiger partial charge in [-0.2, -0.15) is 0 Å². The summed E-state index contributed by atoms with van der Waals surface area (Å²) in [5, 5.41) is 1.83. The standard InChI is InChI=1S/C12H20N2O2S/c1-4-5-7-13(3)11(15)6-8-14-10(2)9-17-12(14)16/h9H,4-8H2,1-3H3. The van der Waals surface area contributed by atoms with E-state index in [0.29, 0.717) is 13.0 Å². The van der Waals surface area contributed by atoms with Crippen LogP contribution in [0, 0.1) is 6.92 Å². The van der Waals surface area contributed by atoms with E-state index in [4.69, 9.17) is 0 Å². The lowest BCUT2D eigenvalue weighted by atomic mass is 10.3. The average molecular weight is 256 g/mol. The summed E-state index contributed by atoms with van der Waals surface area (Å²) in [6.07, 6.45) is 2.51. The molecular weight excluding hydrogens is 236 g/mol. The Morgan fingerprint density at radius 2 is 2.24 bits per heavy atom. The van der Waals surface area contributed by atoms with Gasteiger partial charge in [-0.3, -0.25) is 9.59 Å². The maximum atomic E-state index is 11.8. The van der Waals surface area contributed by atoms with Crippen molar-refractivity contribution in [1.29, 1.82) is 0 Å². The van der Waals surface area contributed by atoms with Gasteiger partial charge in [-0.1, -0.05) is 24.7 Å². The van der Waals surface area contributed by atoms with E-state index in [1.807, 2.05) is 19.4 Å². The molecule has 0 aromatic carbocycles. The van der Waals surface area contributed by atoms with Crippen molar-refractivity contribution in [1.82, 2.24) is 9.47 Å². The van der Waals surface area contributed by atoms with Crippen LogP contribution in [0.4, 0.5) is 0 Å². The number of hydrogen-bond donors (Lipinski definition) is 0. The Hall–Kier alpha value is -1.10. The third-order valence-corrected chi connectivity index (χ3v) is 3.68. The molecular formula is C12H20N2O2S. The molecule has 0 aliphatic carbocycles. The molecule has 1 amide bonds. The summed E-state index contributed by atoms with van der Waals surface area (Å²) in [5.74, 6) is 0.107. The third kappa shape index (κ3) is 4.00. The molecule has 1 heterocycles. The summed E-state index contributed by atoms with van der Waals surface area (Å²) in [4.78, 5) is 25.0. The van der Waals surface area contributed by atoms with Gasteiger partial charge in [0.2, 0.25) is 5.91 Å². The molecule has 0 aliphatic rings. The van der Waals surface area contributed by atoms with Crippen molar-refractivity contribution in [2.24, 2.45) is 0 Å². The molecule has 5 heteroatoms. The normalized spacial score (nSPS) is 10.5. The van der Waals surface area contributed by atoms with Gasteiger partial charge in [-0.25, -0.2) is 0 Å². The summed E-state index contributed by atoms with van der Waals surface area (Å²) < 4.78 is 1.66. The second-order valence-corrected chi connectivity index (χ2v) is 5.03. The minimum absolute atomic E-state index is 0.0199. The number of thiazole rings is 1. The van der Waals surface area contributed by atoms with Crippen LogP contribution in [-0.4, -0.2) is 29.0 Å². The highest BCUT2D eigenvalue weighted by Crippen LogP contribution is 2.02. The third-order valence-electron chi connectivity index (χ3n) is 2.80. The van der Waals surface area contributed by atoms with Crippen molar-refractivity contribution < 1.29 is 4.79 Å². The zero-order valence-electron chi connectivity index (χ0n) is 10.7. The number of rotatable bonds is 6. The molecule has 1 aromatic heterocycles. The minimum atomic E-state index is 0.0199. The zero-order chi connectivity index (χ0) is 12.8. The van der Waals surface area contributed by atoms with Gasteiger partial charge >= 0.3 is 4.87 Å². The molecule has 0 fully saturated rings. The van der Waals surface area contributed by atoms with E-state index in [1.165, 1.54) is 11.3 Å². The topological polar surface area (TPSA) is 42.3 Å². The second kappa shape index (κ2) is 6.59. The SMILES string of the molecule is CCCCN(C)C(=O)CCn1c(C)csc1=O. The Bertz CT molecular complexity index is 422. The van der Waals surface area contributed by atoms with Crippen LogP contribution in [0.3, 0.4) is 0 Å². The van der Waals surface area contributed by atoms with E-state index in [2.05, 4.69) is 6.92 Å². The van der Waals surface area contributed by atoms with Gasteiger partial charge in [-0.15, -0.1) is 0 Å². The molecule has 0 N–H and O–H groups in total. The number of carbonyl (C=O) groups is 1. The number of aryl methyl sites for hydroxylation is 1. The summed E-state index contributed by atoms with van der Waals surface area (Å²) in [6.45, 7) is 5.28. The van der Waals surface area contributed by atoms with Crippen LogP contribution < -0.4 is 4.87 Å². The lowest BCUT2D eigenvalue weighted by molar-refractivity contribution is -0.130. The first-order valence-electron chi connectivity index (χ1n) is 5.95. The zero-order valence-corrected chi connectivity index (χ0v) is 11.5. The van der Waals surface area contributed by atoms with E-state index in [1.54, 1.807) is 9.47 Å². The molecule has 0 aliphatic heterocycles. The molecule has 1 rings (SSSR count). The highest BCUT2D eigenvalue weighted by molar-refractivity contribution is 7.07. The molecule has 0 spiro atoms. The maximum absolute atomic E-state index is 11.8. The monoisotopic (exact) mass is 256 g/mol. The first-order chi connectivity index (χ1) is 8.06. The predicted molar refractivity (Wildman–Crippen MR) is 70.5 cm³/mol. The Labute approximate surface area is 106 Å². The Morgan fingerprint density at radius 3 is 2.76 bits per heavy atom. The fourth-order valence-electron chi connectivity index (χ4n) is 1.59. The number of aromatic nitrogens is 1. The minimum Gasteiger partial charge on any atom is -0.346 e. The van der Waals surface area contributed by atoms with Gasteiger partial charge in [0.15, 0.2) is 0 Å². The van der Waals surface area contributed by atoms with Crippen LogP contribution in [0.5, 0.6) is 0 Å². The molecule has 0 atom stereocenters. The van der Waals surface area contributed by atoms with Crippen molar-refractivity contribution in [3.63, 3.8) is 0 Å². The lowest BCUT2D eigenvalue weighted by Gasteiger charge is -2.16. The number of unbranched alkanes of at least 4 members (excludes halogenated alkanes) is 1. The molecule has 0 saturated carbocycles. The quantitative estimate of drug-likeness (QED) is 0.779. The van der Waals surface area contributed by atoms with E-state index < -0.39 is 0 Å². The molecule has 4 nitrogen and oxygen atoms in total. The molecule has 0 radical (unpaired) electrons. The van der Waals surface area contributed by atoms with Gasteiger partial charge in [0, 0.05) is 37.6 Å². The maximum Gasteiger partial charge on any atom is 0.307 e. The highest BCUT2D eigenvalue weighted by Gasteiger charge is 2.10. The molecule has 0 saturated heterocycles. The fourth-order valence-corrected chi connectivity index (χ4v) is 2.35. The smallest absolute Gasteiger partial charge is 0.307 e. The Balaban J connectivity index is 2.46. The van der Waals surface area contributed by atoms with Gasteiger partial charge in [-0.05, 0) is 13.3 Å². The molecule has 1 aromatic rings. The van der Waals surface area contributed by atoms with Crippen molar-refractivity contribution in [2.45, 2.75) is 39.7 Å². The fraction of sp³-hybridized carbons (Fsp3) is 0.667. The predicted octanol–water partition coefficient (Wildman–Crippen LogP) is 1.87. The van der Waals surface area contributed by atoms with Gasteiger partial charge in [0.05, 0.1) is 0 Å². The van der Waals surface area contributed by atoms with E-state index in [-0.39, 0.29) is 10.8 Å². The first-order valence-corrected chi connectivity index (χ1v) is 6.83. The molecule has 96 valence electrons. The van der Waals surface area contributed by atoms with E-state index in [9.17, 15) is 9.59 Å². The number of carbonyl (C=O) groups excluding carboxylic acids is 1. The summed E-state index contributed by atoms with van der Waals surface area (Å²) >= 11 is 1.19. The van der Waals surface area contributed by atoms with Gasteiger partial charge in [0.25, 0.3) is 0 Å². The van der Waals surface area contributed by atoms with Crippen LogP contribution in [0.2, 0.25) is 0 Å². The molecule has 17 heavy (non-hydrogen) atoms. The summed E-state index contributed by atoms with van der Waals surface area (Å²) in [7, 11) is 1.82. The van der Waals surface area contributed by atoms with Crippen LogP contribution in [-0.2, 0) is 11.3 Å². The van der Waals surface area contributed by atoms with Crippen molar-refractivity contribution in [3.05, 3.63) is 20.7 Å². The van der Waals surface area contributed by atoms with Gasteiger partial charge < -0.3 is 9.47 Å². The Morgan fingerprint density at radius 1 is 1.53 bits per heavy atom. The van der Waals surface area contributed by atoms with Gasteiger partial charge in [0.1, 0.15) is 0 Å². The van der Waals surface area contributed by atoms with Crippen LogP contribution >= 0.6 is 11.3 Å². The van der Waals surface area contributed by atoms with Crippen molar-refractivity contribution in [3.8, 4) is 0 Å². The van der Waals surface area contributed by atoms with E-state index >= 15 is 0 Å². The second-order valence-electron chi connectivity index (χ2n) is 4.21. The van der Waals surface area contributed by atoms with Crippen LogP contribution in [0.25, 0.3) is 0 Å². The highest BCUT2D eigenvalue weighted by atomic mass is 32.1. The van der Waals surface area contributed by atoms with Crippen LogP contribution in [0.15, 0.2) is 10.2 Å². The van der Waals surface area contributed by atoms with Crippen molar-refractivity contribution >= 4 is 17.2 Å².